The molecular formula is C16H21N5. The van der Waals surface area contributed by atoms with Gasteiger partial charge in [-0.25, -0.2) is 9.97 Å². The second kappa shape index (κ2) is 6.18. The fourth-order valence-electron chi connectivity index (χ4n) is 2.73. The minimum Gasteiger partial charge on any atom is -0.369 e. The van der Waals surface area contributed by atoms with Crippen LogP contribution in [0, 0.1) is 13.8 Å². The van der Waals surface area contributed by atoms with E-state index in [-0.39, 0.29) is 0 Å². The van der Waals surface area contributed by atoms with Crippen molar-refractivity contribution in [2.45, 2.75) is 20.4 Å². The lowest BCUT2D eigenvalue weighted by Gasteiger charge is -2.36. The molecule has 0 aliphatic carbocycles. The largest absolute Gasteiger partial charge is 0.369 e. The molecule has 0 saturated carbocycles. The minimum absolute atomic E-state index is 0.830. The maximum absolute atomic E-state index is 4.26. The molecule has 21 heavy (non-hydrogen) atoms. The van der Waals surface area contributed by atoms with E-state index in [2.05, 4.69) is 37.7 Å². The quantitative estimate of drug-likeness (QED) is 0.859. The molecule has 5 nitrogen and oxygen atoms in total. The number of aromatic nitrogens is 3. The summed E-state index contributed by atoms with van der Waals surface area (Å²) in [5.74, 6) is 0.830. The van der Waals surface area contributed by atoms with Gasteiger partial charge in [0.25, 0.3) is 0 Å². The third-order valence-corrected chi connectivity index (χ3v) is 3.94. The summed E-state index contributed by atoms with van der Waals surface area (Å²) in [4.78, 5) is 17.6. The molecule has 1 aliphatic heterocycles. The topological polar surface area (TPSA) is 45.2 Å². The van der Waals surface area contributed by atoms with Crippen LogP contribution >= 0.6 is 0 Å². The molecule has 110 valence electrons. The molecule has 0 radical (unpaired) electrons. The van der Waals surface area contributed by atoms with Gasteiger partial charge in [0.2, 0.25) is 0 Å². The standard InChI is InChI=1S/C16H21N5/c1-13-9-17-4-3-16(13)21-7-5-20(6-8-21)12-15-10-18-14(2)19-11-15/h3-4,9-11H,5-8,12H2,1-2H3. The molecule has 0 bridgehead atoms. The van der Waals surface area contributed by atoms with E-state index in [9.17, 15) is 0 Å². The summed E-state index contributed by atoms with van der Waals surface area (Å²) in [6, 6.07) is 2.11. The van der Waals surface area contributed by atoms with Gasteiger partial charge in [-0.3, -0.25) is 9.88 Å². The van der Waals surface area contributed by atoms with E-state index >= 15 is 0 Å². The van der Waals surface area contributed by atoms with Crippen molar-refractivity contribution in [3.05, 3.63) is 47.8 Å². The van der Waals surface area contributed by atoms with E-state index in [0.29, 0.717) is 0 Å². The zero-order valence-electron chi connectivity index (χ0n) is 12.7. The fraction of sp³-hybridized carbons (Fsp3) is 0.438. The first-order valence-electron chi connectivity index (χ1n) is 7.38. The second-order valence-corrected chi connectivity index (χ2v) is 5.56. The second-order valence-electron chi connectivity index (χ2n) is 5.56. The van der Waals surface area contributed by atoms with Crippen LogP contribution in [0.15, 0.2) is 30.9 Å². The van der Waals surface area contributed by atoms with Crippen LogP contribution < -0.4 is 4.90 Å². The van der Waals surface area contributed by atoms with Crippen LogP contribution in [0.25, 0.3) is 0 Å². The van der Waals surface area contributed by atoms with Gasteiger partial charge in [-0.1, -0.05) is 0 Å². The highest BCUT2D eigenvalue weighted by molar-refractivity contribution is 5.51. The van der Waals surface area contributed by atoms with Gasteiger partial charge in [-0.05, 0) is 25.5 Å². The van der Waals surface area contributed by atoms with Crippen molar-refractivity contribution in [1.29, 1.82) is 0 Å². The molecule has 5 heteroatoms. The van der Waals surface area contributed by atoms with E-state index in [1.807, 2.05) is 31.7 Å². The Morgan fingerprint density at radius 3 is 2.38 bits per heavy atom. The lowest BCUT2D eigenvalue weighted by molar-refractivity contribution is 0.249. The van der Waals surface area contributed by atoms with Crippen LogP contribution in [-0.2, 0) is 6.54 Å². The normalized spacial score (nSPS) is 16.2. The molecule has 1 saturated heterocycles. The predicted molar refractivity (Wildman–Crippen MR) is 83.2 cm³/mol. The third-order valence-electron chi connectivity index (χ3n) is 3.94. The Labute approximate surface area is 125 Å². The minimum atomic E-state index is 0.830. The van der Waals surface area contributed by atoms with Crippen LogP contribution in [0.2, 0.25) is 0 Å². The predicted octanol–water partition coefficient (Wildman–Crippen LogP) is 1.81. The molecule has 1 fully saturated rings. The van der Waals surface area contributed by atoms with E-state index in [1.54, 1.807) is 0 Å². The number of piperazine rings is 1. The molecule has 0 atom stereocenters. The number of pyridine rings is 1. The maximum Gasteiger partial charge on any atom is 0.125 e. The molecule has 3 rings (SSSR count). The first-order chi connectivity index (χ1) is 10.2. The van der Waals surface area contributed by atoms with Crippen LogP contribution in [0.1, 0.15) is 17.0 Å². The Balaban J connectivity index is 1.58. The molecule has 2 aromatic heterocycles. The summed E-state index contributed by atoms with van der Waals surface area (Å²) in [5.41, 5.74) is 3.75. The molecule has 0 spiro atoms. The summed E-state index contributed by atoms with van der Waals surface area (Å²) in [7, 11) is 0. The van der Waals surface area contributed by atoms with E-state index in [1.165, 1.54) is 16.8 Å². The van der Waals surface area contributed by atoms with Crippen LogP contribution in [0.4, 0.5) is 5.69 Å². The molecule has 0 unspecified atom stereocenters. The number of rotatable bonds is 3. The van der Waals surface area contributed by atoms with Gasteiger partial charge in [0, 0.05) is 68.8 Å². The number of anilines is 1. The average Bonchev–Trinajstić information content (AvgIpc) is 2.51. The van der Waals surface area contributed by atoms with E-state index in [0.717, 1.165) is 38.5 Å². The van der Waals surface area contributed by atoms with Crippen molar-refractivity contribution in [2.75, 3.05) is 31.1 Å². The molecular weight excluding hydrogens is 262 g/mol. The SMILES string of the molecule is Cc1ncc(CN2CCN(c3ccncc3C)CC2)cn1. The van der Waals surface area contributed by atoms with Crippen molar-refractivity contribution in [3.63, 3.8) is 0 Å². The summed E-state index contributed by atoms with van der Waals surface area (Å²) in [6.45, 7) is 9.21. The van der Waals surface area contributed by atoms with Crippen molar-refractivity contribution in [2.24, 2.45) is 0 Å². The summed E-state index contributed by atoms with van der Waals surface area (Å²) in [5, 5.41) is 0. The Bertz CT molecular complexity index is 588. The monoisotopic (exact) mass is 283 g/mol. The Hall–Kier alpha value is -2.01. The van der Waals surface area contributed by atoms with Crippen molar-refractivity contribution in [3.8, 4) is 0 Å². The van der Waals surface area contributed by atoms with Crippen LogP contribution in [0.5, 0.6) is 0 Å². The van der Waals surface area contributed by atoms with Crippen molar-refractivity contribution >= 4 is 5.69 Å². The van der Waals surface area contributed by atoms with Crippen LogP contribution in [-0.4, -0.2) is 46.0 Å². The molecule has 1 aliphatic rings. The molecule has 2 aromatic rings. The van der Waals surface area contributed by atoms with Crippen molar-refractivity contribution in [1.82, 2.24) is 19.9 Å². The average molecular weight is 283 g/mol. The van der Waals surface area contributed by atoms with Crippen molar-refractivity contribution < 1.29 is 0 Å². The number of nitrogens with zero attached hydrogens (tertiary/aromatic N) is 5. The fourth-order valence-corrected chi connectivity index (χ4v) is 2.73. The first kappa shape index (κ1) is 13.9. The lowest BCUT2D eigenvalue weighted by Crippen LogP contribution is -2.46. The molecule has 0 N–H and O–H groups in total. The summed E-state index contributed by atoms with van der Waals surface area (Å²) in [6.07, 6.45) is 7.67. The van der Waals surface area contributed by atoms with Gasteiger partial charge in [-0.15, -0.1) is 0 Å². The van der Waals surface area contributed by atoms with Gasteiger partial charge in [-0.2, -0.15) is 0 Å². The number of aryl methyl sites for hydroxylation is 2. The Morgan fingerprint density at radius 1 is 1.00 bits per heavy atom. The van der Waals surface area contributed by atoms with Gasteiger partial charge < -0.3 is 4.90 Å². The Morgan fingerprint density at radius 2 is 1.71 bits per heavy atom. The number of hydrogen-bond acceptors (Lipinski definition) is 5. The zero-order chi connectivity index (χ0) is 14.7. The van der Waals surface area contributed by atoms with E-state index < -0.39 is 0 Å². The van der Waals surface area contributed by atoms with Gasteiger partial charge in [0.15, 0.2) is 0 Å². The Kier molecular flexibility index (Phi) is 4.10. The van der Waals surface area contributed by atoms with Gasteiger partial charge >= 0.3 is 0 Å². The van der Waals surface area contributed by atoms with E-state index in [4.69, 9.17) is 0 Å². The highest BCUT2D eigenvalue weighted by Gasteiger charge is 2.18. The first-order valence-corrected chi connectivity index (χ1v) is 7.38. The summed E-state index contributed by atoms with van der Waals surface area (Å²) >= 11 is 0. The van der Waals surface area contributed by atoms with Crippen LogP contribution in [0.3, 0.4) is 0 Å². The smallest absolute Gasteiger partial charge is 0.125 e. The molecule has 0 amide bonds. The zero-order valence-corrected chi connectivity index (χ0v) is 12.7. The van der Waals surface area contributed by atoms with Gasteiger partial charge in [0.1, 0.15) is 5.82 Å². The highest BCUT2D eigenvalue weighted by Crippen LogP contribution is 2.20. The molecule has 3 heterocycles. The maximum atomic E-state index is 4.26. The third kappa shape index (κ3) is 3.36. The summed E-state index contributed by atoms with van der Waals surface area (Å²) < 4.78 is 0. The van der Waals surface area contributed by atoms with Gasteiger partial charge in [0.05, 0.1) is 0 Å². The molecule has 0 aromatic carbocycles. The highest BCUT2D eigenvalue weighted by atomic mass is 15.3. The lowest BCUT2D eigenvalue weighted by atomic mass is 10.2. The number of hydrogen-bond donors (Lipinski definition) is 0.